The number of carbonyl (C=O) groups excluding carboxylic acids is 1. The zero-order valence-electron chi connectivity index (χ0n) is 11.5. The number of amides is 1. The number of nitriles is 1. The molecule has 1 amide bonds. The molecule has 0 spiro atoms. The van der Waals surface area contributed by atoms with Crippen LogP contribution in [-0.2, 0) is 9.53 Å². The van der Waals surface area contributed by atoms with E-state index >= 15 is 0 Å². The van der Waals surface area contributed by atoms with Gasteiger partial charge < -0.3 is 15.0 Å². The highest BCUT2D eigenvalue weighted by atomic mass is 35.5. The van der Waals surface area contributed by atoms with Crippen molar-refractivity contribution < 1.29 is 9.53 Å². The normalized spacial score (nSPS) is 21.7. The third-order valence-corrected chi connectivity index (χ3v) is 4.07. The first-order valence-corrected chi connectivity index (χ1v) is 7.41. The molecule has 1 unspecified atom stereocenters. The lowest BCUT2D eigenvalue weighted by molar-refractivity contribution is -0.124. The van der Waals surface area contributed by atoms with Gasteiger partial charge in [0, 0.05) is 18.3 Å². The number of ether oxygens (including phenoxy) is 1. The van der Waals surface area contributed by atoms with Gasteiger partial charge in [-0.05, 0) is 31.0 Å². The summed E-state index contributed by atoms with van der Waals surface area (Å²) in [5.41, 5.74) is 1.28. The van der Waals surface area contributed by atoms with E-state index in [0.717, 1.165) is 18.5 Å². The van der Waals surface area contributed by atoms with Crippen LogP contribution in [0.1, 0.15) is 18.4 Å². The van der Waals surface area contributed by atoms with Crippen LogP contribution in [0, 0.1) is 11.3 Å². The van der Waals surface area contributed by atoms with Crippen molar-refractivity contribution in [2.45, 2.75) is 24.9 Å². The van der Waals surface area contributed by atoms with Gasteiger partial charge in [-0.25, -0.2) is 0 Å². The van der Waals surface area contributed by atoms with E-state index in [1.165, 1.54) is 0 Å². The van der Waals surface area contributed by atoms with Gasteiger partial charge in [-0.15, -0.1) is 0 Å². The second-order valence-corrected chi connectivity index (χ2v) is 5.75. The quantitative estimate of drug-likeness (QED) is 0.923. The van der Waals surface area contributed by atoms with Crippen LogP contribution in [0.4, 0.5) is 5.69 Å². The molecule has 2 fully saturated rings. The van der Waals surface area contributed by atoms with Gasteiger partial charge in [0.05, 0.1) is 23.8 Å². The number of hydrogen-bond donors (Lipinski definition) is 1. The van der Waals surface area contributed by atoms with Crippen LogP contribution in [0.25, 0.3) is 0 Å². The fraction of sp³-hybridized carbons (Fsp3) is 0.467. The lowest BCUT2D eigenvalue weighted by Gasteiger charge is -2.36. The first kappa shape index (κ1) is 14.2. The second kappa shape index (κ2) is 5.92. The average molecular weight is 306 g/mol. The molecule has 1 saturated carbocycles. The summed E-state index contributed by atoms with van der Waals surface area (Å²) < 4.78 is 5.44. The molecule has 0 bridgehead atoms. The molecule has 21 heavy (non-hydrogen) atoms. The molecule has 0 aromatic heterocycles. The monoisotopic (exact) mass is 305 g/mol. The van der Waals surface area contributed by atoms with E-state index in [1.807, 2.05) is 17.0 Å². The van der Waals surface area contributed by atoms with E-state index in [-0.39, 0.29) is 11.9 Å². The SMILES string of the molecule is N#Cc1ccc(N2CCOCC2C(=O)NC2CC2)cc1Cl. The van der Waals surface area contributed by atoms with Crippen LogP contribution in [0.15, 0.2) is 18.2 Å². The Bertz CT molecular complexity index is 595. The Morgan fingerprint density at radius 2 is 2.29 bits per heavy atom. The highest BCUT2D eigenvalue weighted by Gasteiger charge is 2.33. The molecule has 3 rings (SSSR count). The fourth-order valence-electron chi connectivity index (χ4n) is 2.43. The van der Waals surface area contributed by atoms with Crippen molar-refractivity contribution in [2.75, 3.05) is 24.7 Å². The molecule has 1 heterocycles. The summed E-state index contributed by atoms with van der Waals surface area (Å²) in [6.07, 6.45) is 2.12. The summed E-state index contributed by atoms with van der Waals surface area (Å²) in [6, 6.07) is 7.27. The maximum atomic E-state index is 12.3. The van der Waals surface area contributed by atoms with Gasteiger partial charge in [0.2, 0.25) is 5.91 Å². The Kier molecular flexibility index (Phi) is 4.00. The van der Waals surface area contributed by atoms with Gasteiger partial charge in [0.15, 0.2) is 0 Å². The number of rotatable bonds is 3. The molecule has 110 valence electrons. The number of benzene rings is 1. The number of carbonyl (C=O) groups is 1. The third-order valence-electron chi connectivity index (χ3n) is 3.76. The summed E-state index contributed by atoms with van der Waals surface area (Å²) in [4.78, 5) is 14.3. The summed E-state index contributed by atoms with van der Waals surface area (Å²) in [6.45, 7) is 1.58. The summed E-state index contributed by atoms with van der Waals surface area (Å²) in [5.74, 6) is -0.00215. The Morgan fingerprint density at radius 3 is 2.95 bits per heavy atom. The molecule has 1 aliphatic carbocycles. The van der Waals surface area contributed by atoms with Gasteiger partial charge in [-0.3, -0.25) is 4.79 Å². The molecular formula is C15H16ClN3O2. The van der Waals surface area contributed by atoms with E-state index in [4.69, 9.17) is 21.6 Å². The van der Waals surface area contributed by atoms with Crippen molar-refractivity contribution in [1.29, 1.82) is 5.26 Å². The summed E-state index contributed by atoms with van der Waals surface area (Å²) in [5, 5.41) is 12.4. The minimum Gasteiger partial charge on any atom is -0.377 e. The topological polar surface area (TPSA) is 65.4 Å². The van der Waals surface area contributed by atoms with Crippen LogP contribution in [0.3, 0.4) is 0 Å². The number of morpholine rings is 1. The Labute approximate surface area is 128 Å². The van der Waals surface area contributed by atoms with Crippen molar-refractivity contribution in [2.24, 2.45) is 0 Å². The molecule has 1 aliphatic heterocycles. The third kappa shape index (κ3) is 3.12. The van der Waals surface area contributed by atoms with E-state index in [9.17, 15) is 4.79 Å². The molecular weight excluding hydrogens is 290 g/mol. The Morgan fingerprint density at radius 1 is 1.48 bits per heavy atom. The predicted molar refractivity (Wildman–Crippen MR) is 79.3 cm³/mol. The maximum absolute atomic E-state index is 12.3. The zero-order valence-corrected chi connectivity index (χ0v) is 12.3. The molecule has 1 saturated heterocycles. The van der Waals surface area contributed by atoms with Gasteiger partial charge in [-0.1, -0.05) is 11.6 Å². The first-order chi connectivity index (χ1) is 10.2. The number of hydrogen-bond acceptors (Lipinski definition) is 4. The van der Waals surface area contributed by atoms with Crippen LogP contribution in [0.5, 0.6) is 0 Å². The lowest BCUT2D eigenvalue weighted by atomic mass is 10.1. The number of nitrogens with zero attached hydrogens (tertiary/aromatic N) is 2. The van der Waals surface area contributed by atoms with Gasteiger partial charge >= 0.3 is 0 Å². The zero-order chi connectivity index (χ0) is 14.8. The Hall–Kier alpha value is -1.77. The number of anilines is 1. The highest BCUT2D eigenvalue weighted by Crippen LogP contribution is 2.27. The van der Waals surface area contributed by atoms with Crippen LogP contribution >= 0.6 is 11.6 Å². The molecule has 1 N–H and O–H groups in total. The molecule has 1 aromatic rings. The number of halogens is 1. The lowest BCUT2D eigenvalue weighted by Crippen LogP contribution is -2.54. The fourth-order valence-corrected chi connectivity index (χ4v) is 2.65. The number of nitrogens with one attached hydrogen (secondary N) is 1. The van der Waals surface area contributed by atoms with Crippen molar-refractivity contribution >= 4 is 23.2 Å². The molecule has 6 heteroatoms. The summed E-state index contributed by atoms with van der Waals surface area (Å²) >= 11 is 6.09. The van der Waals surface area contributed by atoms with E-state index in [2.05, 4.69) is 5.32 Å². The van der Waals surface area contributed by atoms with Crippen molar-refractivity contribution in [3.8, 4) is 6.07 Å². The van der Waals surface area contributed by atoms with Crippen molar-refractivity contribution in [1.82, 2.24) is 5.32 Å². The molecule has 1 aromatic carbocycles. The minimum atomic E-state index is -0.344. The van der Waals surface area contributed by atoms with Crippen LogP contribution in [0.2, 0.25) is 5.02 Å². The summed E-state index contributed by atoms with van der Waals surface area (Å²) in [7, 11) is 0. The smallest absolute Gasteiger partial charge is 0.245 e. The maximum Gasteiger partial charge on any atom is 0.245 e. The largest absolute Gasteiger partial charge is 0.377 e. The standard InChI is InChI=1S/C15H16ClN3O2/c16-13-7-12(4-1-10(13)8-17)19-5-6-21-9-14(19)15(20)18-11-2-3-11/h1,4,7,11,14H,2-3,5-6,9H2,(H,18,20). The van der Waals surface area contributed by atoms with Crippen LogP contribution in [-0.4, -0.2) is 37.7 Å². The predicted octanol–water partition coefficient (Wildman–Crippen LogP) is 1.70. The second-order valence-electron chi connectivity index (χ2n) is 5.34. The molecule has 0 radical (unpaired) electrons. The van der Waals surface area contributed by atoms with Gasteiger partial charge in [0.25, 0.3) is 0 Å². The highest BCUT2D eigenvalue weighted by molar-refractivity contribution is 6.32. The van der Waals surface area contributed by atoms with Crippen LogP contribution < -0.4 is 10.2 Å². The van der Waals surface area contributed by atoms with Crippen molar-refractivity contribution in [3.05, 3.63) is 28.8 Å². The van der Waals surface area contributed by atoms with E-state index < -0.39 is 0 Å². The molecule has 2 aliphatic rings. The molecule has 5 nitrogen and oxygen atoms in total. The first-order valence-electron chi connectivity index (χ1n) is 7.03. The van der Waals surface area contributed by atoms with Crippen molar-refractivity contribution in [3.63, 3.8) is 0 Å². The average Bonchev–Trinajstić information content (AvgIpc) is 3.31. The van der Waals surface area contributed by atoms with Gasteiger partial charge in [-0.2, -0.15) is 5.26 Å². The van der Waals surface area contributed by atoms with E-state index in [0.29, 0.717) is 36.4 Å². The van der Waals surface area contributed by atoms with Gasteiger partial charge in [0.1, 0.15) is 12.1 Å². The van der Waals surface area contributed by atoms with E-state index in [1.54, 1.807) is 12.1 Å². The minimum absolute atomic E-state index is 0.00215. The Balaban J connectivity index is 1.81. The molecule has 1 atom stereocenters.